The molecule has 3 heterocycles. The second-order valence-electron chi connectivity index (χ2n) is 8.26. The van der Waals surface area contributed by atoms with Gasteiger partial charge in [0, 0.05) is 0 Å². The average Bonchev–Trinajstić information content (AvgIpc) is 3.46. The highest BCUT2D eigenvalue weighted by molar-refractivity contribution is 5.86. The van der Waals surface area contributed by atoms with Crippen LogP contribution in [0.3, 0.4) is 0 Å². The average molecular weight is 431 g/mol. The van der Waals surface area contributed by atoms with Crippen LogP contribution in [0.15, 0.2) is 40.8 Å². The Balaban J connectivity index is 1.56. The molecule has 0 saturated heterocycles. The molecule has 1 aliphatic heterocycles. The van der Waals surface area contributed by atoms with Crippen LogP contribution in [0.1, 0.15) is 60.8 Å². The number of nitro groups is 1. The van der Waals surface area contributed by atoms with Gasteiger partial charge in [0.2, 0.25) is 11.8 Å². The molecule has 5 rings (SSSR count). The fourth-order valence-electron chi connectivity index (χ4n) is 4.81. The summed E-state index contributed by atoms with van der Waals surface area (Å²) in [6, 6.07) is 13.1. The van der Waals surface area contributed by atoms with Crippen molar-refractivity contribution in [1.29, 1.82) is 10.7 Å². The lowest BCUT2D eigenvalue weighted by Gasteiger charge is -2.26. The molecule has 1 saturated carbocycles. The van der Waals surface area contributed by atoms with E-state index in [0.29, 0.717) is 17.2 Å². The number of aromatic amines is 1. The Labute approximate surface area is 183 Å². The minimum Gasteiger partial charge on any atom is -0.422 e. The Hall–Kier alpha value is -3.93. The van der Waals surface area contributed by atoms with E-state index < -0.39 is 22.6 Å². The maximum atomic E-state index is 11.1. The number of rotatable bonds is 4. The molecule has 2 aliphatic rings. The normalized spacial score (nSPS) is 20.9. The van der Waals surface area contributed by atoms with E-state index in [0.717, 1.165) is 5.56 Å². The van der Waals surface area contributed by atoms with E-state index in [1.165, 1.54) is 49.8 Å². The van der Waals surface area contributed by atoms with Gasteiger partial charge in [0.15, 0.2) is 0 Å². The van der Waals surface area contributed by atoms with Gasteiger partial charge >= 0.3 is 5.88 Å². The summed E-state index contributed by atoms with van der Waals surface area (Å²) in [6.45, 7) is 0. The van der Waals surface area contributed by atoms with Gasteiger partial charge < -0.3 is 9.15 Å². The summed E-state index contributed by atoms with van der Waals surface area (Å²) in [5.74, 6) is -1.46. The first-order chi connectivity index (χ1) is 15.6. The number of ether oxygens (including phenoxy) is 1. The first-order valence-electron chi connectivity index (χ1n) is 10.7. The zero-order chi connectivity index (χ0) is 22.2. The number of aromatic nitrogens is 2. The molecule has 1 aliphatic carbocycles. The third kappa shape index (κ3) is 3.34. The van der Waals surface area contributed by atoms with Gasteiger partial charge in [-0.25, -0.2) is 0 Å². The number of H-pyrrole nitrogens is 1. The van der Waals surface area contributed by atoms with Crippen LogP contribution >= 0.6 is 0 Å². The minimum atomic E-state index is -0.994. The van der Waals surface area contributed by atoms with Crippen LogP contribution in [0.2, 0.25) is 0 Å². The van der Waals surface area contributed by atoms with Crippen molar-refractivity contribution in [2.24, 2.45) is 5.92 Å². The Morgan fingerprint density at radius 1 is 1.16 bits per heavy atom. The first kappa shape index (κ1) is 20.0. The SMILES string of the molecule is N#CC1C(=N)Oc2n[nH]c(-c3ccc(C4CCCCC4)cc3)c2C1c1ccc([N+](=O)[O-])o1. The highest BCUT2D eigenvalue weighted by Gasteiger charge is 2.43. The van der Waals surface area contributed by atoms with Gasteiger partial charge in [0.1, 0.15) is 16.6 Å². The fourth-order valence-corrected chi connectivity index (χ4v) is 4.81. The molecule has 0 spiro atoms. The largest absolute Gasteiger partial charge is 0.433 e. The summed E-state index contributed by atoms with van der Waals surface area (Å²) in [7, 11) is 0. The fraction of sp³-hybridized carbons (Fsp3) is 0.348. The van der Waals surface area contributed by atoms with Gasteiger partial charge in [-0.1, -0.05) is 43.5 Å². The maximum Gasteiger partial charge on any atom is 0.433 e. The highest BCUT2D eigenvalue weighted by Crippen LogP contribution is 2.46. The van der Waals surface area contributed by atoms with Crippen molar-refractivity contribution >= 4 is 11.8 Å². The van der Waals surface area contributed by atoms with Gasteiger partial charge in [-0.3, -0.25) is 20.6 Å². The van der Waals surface area contributed by atoms with Crippen molar-refractivity contribution in [1.82, 2.24) is 10.2 Å². The zero-order valence-electron chi connectivity index (χ0n) is 17.2. The van der Waals surface area contributed by atoms with Crippen molar-refractivity contribution in [2.45, 2.75) is 43.9 Å². The van der Waals surface area contributed by atoms with Crippen molar-refractivity contribution in [3.8, 4) is 23.2 Å². The number of benzene rings is 1. The summed E-state index contributed by atoms with van der Waals surface area (Å²) < 4.78 is 10.9. The topological polar surface area (TPSA) is 142 Å². The number of fused-ring (bicyclic) bond motifs is 1. The summed E-state index contributed by atoms with van der Waals surface area (Å²) in [5, 5.41) is 36.2. The van der Waals surface area contributed by atoms with Crippen LogP contribution in [-0.2, 0) is 0 Å². The Kier molecular flexibility index (Phi) is 4.98. The van der Waals surface area contributed by atoms with Crippen LogP contribution < -0.4 is 4.74 Å². The van der Waals surface area contributed by atoms with Gasteiger partial charge in [-0.05, 0) is 36.0 Å². The molecule has 0 radical (unpaired) electrons. The van der Waals surface area contributed by atoms with Crippen molar-refractivity contribution in [3.63, 3.8) is 0 Å². The maximum absolute atomic E-state index is 11.1. The number of nitriles is 1. The summed E-state index contributed by atoms with van der Waals surface area (Å²) in [4.78, 5) is 10.5. The molecule has 2 atom stereocenters. The first-order valence-corrected chi connectivity index (χ1v) is 10.7. The quantitative estimate of drug-likeness (QED) is 0.426. The van der Waals surface area contributed by atoms with E-state index in [2.05, 4.69) is 28.4 Å². The number of hydrogen-bond acceptors (Lipinski definition) is 7. The second kappa shape index (κ2) is 7.96. The van der Waals surface area contributed by atoms with Crippen LogP contribution in [0.5, 0.6) is 5.88 Å². The molecule has 3 aromatic rings. The van der Waals surface area contributed by atoms with Gasteiger partial charge in [0.25, 0.3) is 0 Å². The van der Waals surface area contributed by atoms with E-state index in [4.69, 9.17) is 14.6 Å². The minimum absolute atomic E-state index is 0.178. The standard InChI is InChI=1S/C23H21N5O4/c24-12-16-19(17-10-11-18(31-17)28(29)30)20-21(26-27-23(20)32-22(16)25)15-8-6-14(7-9-15)13-4-2-1-3-5-13/h6-11,13,16,19,25H,1-5H2,(H,26,27). The molecule has 2 unspecified atom stereocenters. The monoisotopic (exact) mass is 431 g/mol. The van der Waals surface area contributed by atoms with Crippen LogP contribution in [0.4, 0.5) is 5.88 Å². The predicted molar refractivity (Wildman–Crippen MR) is 115 cm³/mol. The lowest BCUT2D eigenvalue weighted by molar-refractivity contribution is -0.402. The van der Waals surface area contributed by atoms with Crippen LogP contribution in [-0.4, -0.2) is 21.0 Å². The molecule has 1 fully saturated rings. The van der Waals surface area contributed by atoms with Crippen LogP contribution in [0.25, 0.3) is 11.3 Å². The molecule has 2 N–H and O–H groups in total. The van der Waals surface area contributed by atoms with Crippen molar-refractivity contribution in [3.05, 3.63) is 63.4 Å². The van der Waals surface area contributed by atoms with Crippen molar-refractivity contribution in [2.75, 3.05) is 0 Å². The molecule has 9 nitrogen and oxygen atoms in total. The molecule has 9 heteroatoms. The van der Waals surface area contributed by atoms with Crippen molar-refractivity contribution < 1.29 is 14.1 Å². The third-order valence-electron chi connectivity index (χ3n) is 6.42. The van der Waals surface area contributed by atoms with E-state index >= 15 is 0 Å². The molecular weight excluding hydrogens is 410 g/mol. The molecule has 0 bridgehead atoms. The summed E-state index contributed by atoms with van der Waals surface area (Å²) in [5.41, 5.74) is 3.38. The molecule has 0 amide bonds. The molecule has 162 valence electrons. The molecule has 32 heavy (non-hydrogen) atoms. The van der Waals surface area contributed by atoms with Gasteiger partial charge in [-0.15, -0.1) is 5.10 Å². The lowest BCUT2D eigenvalue weighted by Crippen LogP contribution is -2.30. The summed E-state index contributed by atoms with van der Waals surface area (Å²) >= 11 is 0. The number of furan rings is 1. The Morgan fingerprint density at radius 2 is 1.91 bits per heavy atom. The number of nitrogens with zero attached hydrogens (tertiary/aromatic N) is 3. The zero-order valence-corrected chi connectivity index (χ0v) is 17.2. The lowest BCUT2D eigenvalue weighted by atomic mass is 9.81. The second-order valence-corrected chi connectivity index (χ2v) is 8.26. The smallest absolute Gasteiger partial charge is 0.422 e. The predicted octanol–water partition coefficient (Wildman–Crippen LogP) is 5.27. The number of hydrogen-bond donors (Lipinski definition) is 2. The molecule has 2 aromatic heterocycles. The van der Waals surface area contributed by atoms with E-state index in [1.54, 1.807) is 0 Å². The Morgan fingerprint density at radius 3 is 2.56 bits per heavy atom. The molecular formula is C23H21N5O4. The van der Waals surface area contributed by atoms with Gasteiger partial charge in [0.05, 0.1) is 29.3 Å². The van der Waals surface area contributed by atoms with E-state index in [9.17, 15) is 15.4 Å². The van der Waals surface area contributed by atoms with Crippen LogP contribution in [0, 0.1) is 32.8 Å². The van der Waals surface area contributed by atoms with Gasteiger partial charge in [-0.2, -0.15) is 5.26 Å². The Bertz CT molecular complexity index is 1210. The number of nitrogens with one attached hydrogen (secondary N) is 2. The van der Waals surface area contributed by atoms with E-state index in [1.807, 2.05) is 12.1 Å². The van der Waals surface area contributed by atoms with E-state index in [-0.39, 0.29) is 17.5 Å². The third-order valence-corrected chi connectivity index (χ3v) is 6.42. The highest BCUT2D eigenvalue weighted by atomic mass is 16.6. The molecule has 1 aromatic carbocycles. The summed E-state index contributed by atoms with van der Waals surface area (Å²) in [6.07, 6.45) is 6.23.